The molecule has 0 aliphatic carbocycles. The molecule has 1 amide bonds. The van der Waals surface area contributed by atoms with Crippen LogP contribution in [0.5, 0.6) is 5.75 Å². The summed E-state index contributed by atoms with van der Waals surface area (Å²) in [5.74, 6) is 1.40. The molecular weight excluding hydrogens is 324 g/mol. The predicted molar refractivity (Wildman–Crippen MR) is 104 cm³/mol. The van der Waals surface area contributed by atoms with Gasteiger partial charge in [-0.25, -0.2) is 0 Å². The number of amides is 1. The van der Waals surface area contributed by atoms with Crippen molar-refractivity contribution < 1.29 is 9.53 Å². The Morgan fingerprint density at radius 3 is 2.69 bits per heavy atom. The third kappa shape index (κ3) is 4.64. The molecule has 2 N–H and O–H groups in total. The Hall–Kier alpha value is -2.33. The fourth-order valence-electron chi connectivity index (χ4n) is 3.65. The Labute approximate surface area is 156 Å². The molecule has 0 spiro atoms. The van der Waals surface area contributed by atoms with Crippen molar-refractivity contribution in [3.05, 3.63) is 65.2 Å². The quantitative estimate of drug-likeness (QED) is 0.868. The molecule has 1 saturated heterocycles. The highest BCUT2D eigenvalue weighted by Gasteiger charge is 2.31. The number of hydrogen-bond donors (Lipinski definition) is 1. The third-order valence-corrected chi connectivity index (χ3v) is 5.06. The molecule has 1 heterocycles. The van der Waals surface area contributed by atoms with E-state index in [0.717, 1.165) is 29.8 Å². The maximum Gasteiger partial charge on any atom is 0.227 e. The summed E-state index contributed by atoms with van der Waals surface area (Å²) in [4.78, 5) is 14.6. The smallest absolute Gasteiger partial charge is 0.227 e. The van der Waals surface area contributed by atoms with Crippen molar-refractivity contribution in [2.45, 2.75) is 39.3 Å². The number of rotatable bonds is 6. The molecule has 4 nitrogen and oxygen atoms in total. The van der Waals surface area contributed by atoms with Crippen molar-refractivity contribution in [1.29, 1.82) is 0 Å². The highest BCUT2D eigenvalue weighted by atomic mass is 16.5. The normalized spacial score (nSPS) is 19.6. The van der Waals surface area contributed by atoms with E-state index in [0.29, 0.717) is 25.5 Å². The largest absolute Gasteiger partial charge is 0.489 e. The zero-order chi connectivity index (χ0) is 18.5. The Balaban J connectivity index is 1.59. The Kier molecular flexibility index (Phi) is 5.94. The molecule has 2 aromatic carbocycles. The van der Waals surface area contributed by atoms with Crippen LogP contribution in [0, 0.1) is 12.8 Å². The van der Waals surface area contributed by atoms with Gasteiger partial charge in [0.05, 0.1) is 6.42 Å². The van der Waals surface area contributed by atoms with Crippen molar-refractivity contribution in [1.82, 2.24) is 4.90 Å². The summed E-state index contributed by atoms with van der Waals surface area (Å²) in [5.41, 5.74) is 9.12. The van der Waals surface area contributed by atoms with Gasteiger partial charge in [-0.3, -0.25) is 4.79 Å². The number of benzene rings is 2. The van der Waals surface area contributed by atoms with Crippen molar-refractivity contribution in [2.75, 3.05) is 13.1 Å². The summed E-state index contributed by atoms with van der Waals surface area (Å²) < 4.78 is 5.91. The molecular formula is C22H28N2O2. The SMILES string of the molecule is Cc1cccc(COc2cccc(CC(=O)N3CC(CN)CC3C)c2)c1. The van der Waals surface area contributed by atoms with Gasteiger partial charge in [0.1, 0.15) is 12.4 Å². The first-order chi connectivity index (χ1) is 12.5. The summed E-state index contributed by atoms with van der Waals surface area (Å²) in [6.07, 6.45) is 1.41. The molecule has 1 aliphatic heterocycles. The zero-order valence-electron chi connectivity index (χ0n) is 15.7. The first-order valence-corrected chi connectivity index (χ1v) is 9.32. The number of hydrogen-bond acceptors (Lipinski definition) is 3. The molecule has 0 radical (unpaired) electrons. The summed E-state index contributed by atoms with van der Waals surface area (Å²) in [5, 5.41) is 0. The maximum atomic E-state index is 12.7. The van der Waals surface area contributed by atoms with Crippen molar-refractivity contribution in [3.63, 3.8) is 0 Å². The second-order valence-corrected chi connectivity index (χ2v) is 7.33. The van der Waals surface area contributed by atoms with E-state index in [1.165, 1.54) is 5.56 Å². The molecule has 2 unspecified atom stereocenters. The molecule has 26 heavy (non-hydrogen) atoms. The molecule has 0 saturated carbocycles. The number of aryl methyl sites for hydroxylation is 1. The number of carbonyl (C=O) groups excluding carboxylic acids is 1. The number of carbonyl (C=O) groups is 1. The van der Waals surface area contributed by atoms with Crippen LogP contribution in [0.25, 0.3) is 0 Å². The molecule has 2 aromatic rings. The van der Waals surface area contributed by atoms with Gasteiger partial charge in [0, 0.05) is 12.6 Å². The zero-order valence-corrected chi connectivity index (χ0v) is 15.7. The Morgan fingerprint density at radius 1 is 1.19 bits per heavy atom. The lowest BCUT2D eigenvalue weighted by Gasteiger charge is -2.21. The lowest BCUT2D eigenvalue weighted by atomic mass is 10.1. The molecule has 0 aromatic heterocycles. The predicted octanol–water partition coefficient (Wildman–Crippen LogP) is 3.31. The minimum Gasteiger partial charge on any atom is -0.489 e. The summed E-state index contributed by atoms with van der Waals surface area (Å²) in [6, 6.07) is 16.4. The van der Waals surface area contributed by atoms with Crippen LogP contribution in [0.1, 0.15) is 30.0 Å². The van der Waals surface area contributed by atoms with E-state index < -0.39 is 0 Å². The van der Waals surface area contributed by atoms with Crippen molar-refractivity contribution in [2.24, 2.45) is 11.7 Å². The highest BCUT2D eigenvalue weighted by Crippen LogP contribution is 2.24. The van der Waals surface area contributed by atoms with Gasteiger partial charge in [-0.1, -0.05) is 42.0 Å². The van der Waals surface area contributed by atoms with Gasteiger partial charge in [-0.15, -0.1) is 0 Å². The minimum absolute atomic E-state index is 0.171. The Morgan fingerprint density at radius 2 is 1.96 bits per heavy atom. The van der Waals surface area contributed by atoms with E-state index in [4.69, 9.17) is 10.5 Å². The monoisotopic (exact) mass is 352 g/mol. The van der Waals surface area contributed by atoms with E-state index in [1.807, 2.05) is 35.2 Å². The molecule has 1 fully saturated rings. The summed E-state index contributed by atoms with van der Waals surface area (Å²) in [7, 11) is 0. The fourth-order valence-corrected chi connectivity index (χ4v) is 3.65. The first-order valence-electron chi connectivity index (χ1n) is 9.32. The average molecular weight is 352 g/mol. The van der Waals surface area contributed by atoms with Gasteiger partial charge in [-0.2, -0.15) is 0 Å². The van der Waals surface area contributed by atoms with Crippen molar-refractivity contribution >= 4 is 5.91 Å². The lowest BCUT2D eigenvalue weighted by molar-refractivity contribution is -0.131. The molecule has 0 bridgehead atoms. The van der Waals surface area contributed by atoms with E-state index in [1.54, 1.807) is 0 Å². The second-order valence-electron chi connectivity index (χ2n) is 7.33. The van der Waals surface area contributed by atoms with Crippen LogP contribution in [-0.2, 0) is 17.8 Å². The number of nitrogens with zero attached hydrogens (tertiary/aromatic N) is 1. The van der Waals surface area contributed by atoms with E-state index in [-0.39, 0.29) is 11.9 Å². The van der Waals surface area contributed by atoms with Gasteiger partial charge < -0.3 is 15.4 Å². The average Bonchev–Trinajstić information content (AvgIpc) is 3.01. The van der Waals surface area contributed by atoms with Gasteiger partial charge in [0.25, 0.3) is 0 Å². The molecule has 138 valence electrons. The summed E-state index contributed by atoms with van der Waals surface area (Å²) >= 11 is 0. The second kappa shape index (κ2) is 8.37. The number of nitrogens with two attached hydrogens (primary N) is 1. The Bertz CT molecular complexity index is 759. The number of ether oxygens (including phenoxy) is 1. The topological polar surface area (TPSA) is 55.6 Å². The molecule has 2 atom stereocenters. The summed E-state index contributed by atoms with van der Waals surface area (Å²) in [6.45, 7) is 6.14. The lowest BCUT2D eigenvalue weighted by Crippen LogP contribution is -2.35. The van der Waals surface area contributed by atoms with Gasteiger partial charge in [0.2, 0.25) is 5.91 Å². The minimum atomic E-state index is 0.171. The van der Waals surface area contributed by atoms with Crippen LogP contribution in [0.3, 0.4) is 0 Å². The maximum absolute atomic E-state index is 12.7. The van der Waals surface area contributed by atoms with Crippen LogP contribution in [0.15, 0.2) is 48.5 Å². The standard InChI is InChI=1S/C22H28N2O2/c1-16-5-3-7-19(9-16)15-26-21-8-4-6-18(11-21)12-22(25)24-14-20(13-23)10-17(24)2/h3-9,11,17,20H,10,12-15,23H2,1-2H3. The van der Waals surface area contributed by atoms with Crippen LogP contribution < -0.4 is 10.5 Å². The van der Waals surface area contributed by atoms with Crippen molar-refractivity contribution in [3.8, 4) is 5.75 Å². The van der Waals surface area contributed by atoms with Crippen LogP contribution in [-0.4, -0.2) is 29.9 Å². The van der Waals surface area contributed by atoms with Crippen LogP contribution in [0.2, 0.25) is 0 Å². The third-order valence-electron chi connectivity index (χ3n) is 5.06. The van der Waals surface area contributed by atoms with Gasteiger partial charge in [0.15, 0.2) is 0 Å². The molecule has 1 aliphatic rings. The highest BCUT2D eigenvalue weighted by molar-refractivity contribution is 5.79. The van der Waals surface area contributed by atoms with Crippen LogP contribution in [0.4, 0.5) is 0 Å². The van der Waals surface area contributed by atoms with E-state index >= 15 is 0 Å². The van der Waals surface area contributed by atoms with Crippen LogP contribution >= 0.6 is 0 Å². The number of likely N-dealkylation sites (tertiary alicyclic amines) is 1. The van der Waals surface area contributed by atoms with Gasteiger partial charge in [-0.05, 0) is 56.0 Å². The first kappa shape index (κ1) is 18.5. The molecule has 4 heteroatoms. The van der Waals surface area contributed by atoms with E-state index in [9.17, 15) is 4.79 Å². The molecule has 3 rings (SSSR count). The van der Waals surface area contributed by atoms with Gasteiger partial charge >= 0.3 is 0 Å². The fraction of sp³-hybridized carbons (Fsp3) is 0.409. The van der Waals surface area contributed by atoms with E-state index in [2.05, 4.69) is 32.0 Å².